The Kier molecular flexibility index (Phi) is 3.76. The summed E-state index contributed by atoms with van der Waals surface area (Å²) in [7, 11) is 0. The lowest BCUT2D eigenvalue weighted by atomic mass is 10.0. The number of nitrogens with zero attached hydrogens (tertiary/aromatic N) is 1. The third-order valence-electron chi connectivity index (χ3n) is 3.12. The highest BCUT2D eigenvalue weighted by atomic mass is 16.3. The second-order valence-corrected chi connectivity index (χ2v) is 4.50. The van der Waals surface area contributed by atoms with Gasteiger partial charge in [-0.15, -0.1) is 0 Å². The molecule has 1 aliphatic heterocycles. The number of benzene rings is 1. The summed E-state index contributed by atoms with van der Waals surface area (Å²) in [6, 6.07) is 9.04. The molecule has 92 valence electrons. The number of hydrogen-bond acceptors (Lipinski definition) is 3. The van der Waals surface area contributed by atoms with E-state index in [-0.39, 0.29) is 11.9 Å². The summed E-state index contributed by atoms with van der Waals surface area (Å²) in [5, 5.41) is 10.00. The van der Waals surface area contributed by atoms with E-state index in [0.717, 1.165) is 12.8 Å². The summed E-state index contributed by atoms with van der Waals surface area (Å²) in [6.07, 6.45) is 0.793. The second kappa shape index (κ2) is 5.29. The van der Waals surface area contributed by atoms with E-state index in [9.17, 15) is 9.90 Å². The van der Waals surface area contributed by atoms with Gasteiger partial charge in [-0.05, 0) is 18.4 Å². The number of carbonyl (C=O) groups is 1. The molecule has 1 saturated heterocycles. The van der Waals surface area contributed by atoms with Crippen LogP contribution in [0.4, 0.5) is 0 Å². The van der Waals surface area contributed by atoms with Crippen LogP contribution in [0, 0.1) is 0 Å². The Morgan fingerprint density at radius 3 is 2.76 bits per heavy atom. The Balaban J connectivity index is 2.04. The molecule has 0 radical (unpaired) electrons. The Morgan fingerprint density at radius 2 is 2.12 bits per heavy atom. The number of carbonyl (C=O) groups excluding carboxylic acids is 1. The number of piperidine rings is 1. The molecule has 1 unspecified atom stereocenters. The predicted octanol–water partition coefficient (Wildman–Crippen LogP) is 0.670. The summed E-state index contributed by atoms with van der Waals surface area (Å²) < 4.78 is 0. The molecule has 1 fully saturated rings. The fraction of sp³-hybridized carbons (Fsp3) is 0.462. The van der Waals surface area contributed by atoms with Gasteiger partial charge in [0.1, 0.15) is 0 Å². The second-order valence-electron chi connectivity index (χ2n) is 4.50. The summed E-state index contributed by atoms with van der Waals surface area (Å²) in [5.74, 6) is -0.244. The molecule has 0 aromatic heterocycles. The van der Waals surface area contributed by atoms with Crippen molar-refractivity contribution in [3.05, 3.63) is 35.9 Å². The first-order valence-corrected chi connectivity index (χ1v) is 5.96. The molecule has 1 aromatic carbocycles. The highest BCUT2D eigenvalue weighted by molar-refractivity contribution is 5.82. The van der Waals surface area contributed by atoms with Crippen LogP contribution in [0.2, 0.25) is 0 Å². The number of amides is 1. The van der Waals surface area contributed by atoms with Gasteiger partial charge in [0.2, 0.25) is 0 Å². The molecule has 0 aliphatic carbocycles. The lowest BCUT2D eigenvalue weighted by Crippen LogP contribution is -2.47. The minimum absolute atomic E-state index is 0.0377. The number of rotatable bonds is 2. The quantitative estimate of drug-likeness (QED) is 0.790. The maximum atomic E-state index is 12.1. The number of likely N-dealkylation sites (tertiary alicyclic amines) is 1. The zero-order valence-corrected chi connectivity index (χ0v) is 9.75. The number of aliphatic hydroxyl groups is 1. The Hall–Kier alpha value is -1.39. The first kappa shape index (κ1) is 12.1. The first-order chi connectivity index (χ1) is 8.18. The van der Waals surface area contributed by atoms with Gasteiger partial charge in [-0.2, -0.15) is 0 Å². The van der Waals surface area contributed by atoms with Crippen molar-refractivity contribution in [3.8, 4) is 0 Å². The van der Waals surface area contributed by atoms with Gasteiger partial charge in [0.15, 0.2) is 6.10 Å². The first-order valence-electron chi connectivity index (χ1n) is 5.96. The van der Waals surface area contributed by atoms with E-state index < -0.39 is 6.10 Å². The van der Waals surface area contributed by atoms with Crippen LogP contribution < -0.4 is 5.73 Å². The molecule has 3 N–H and O–H groups in total. The van der Waals surface area contributed by atoms with Gasteiger partial charge < -0.3 is 15.7 Å². The van der Waals surface area contributed by atoms with Crippen molar-refractivity contribution in [2.24, 2.45) is 5.73 Å². The largest absolute Gasteiger partial charge is 0.378 e. The molecule has 4 nitrogen and oxygen atoms in total. The number of aliphatic hydroxyl groups excluding tert-OH is 1. The summed E-state index contributed by atoms with van der Waals surface area (Å²) in [6.45, 7) is 1.24. The van der Waals surface area contributed by atoms with E-state index >= 15 is 0 Å². The topological polar surface area (TPSA) is 66.6 Å². The summed E-state index contributed by atoms with van der Waals surface area (Å²) in [4.78, 5) is 13.7. The minimum atomic E-state index is -1.07. The van der Waals surface area contributed by atoms with Gasteiger partial charge in [0.05, 0.1) is 0 Å². The molecule has 2 rings (SSSR count). The third-order valence-corrected chi connectivity index (χ3v) is 3.12. The van der Waals surface area contributed by atoms with Crippen LogP contribution in [0.5, 0.6) is 0 Å². The standard InChI is InChI=1S/C13H18N2O2/c14-11-7-4-8-15(9-11)13(17)12(16)10-5-2-1-3-6-10/h1-3,5-6,11-12,16H,4,7-9,14H2/t11-,12?/m1/s1. The normalized spacial score (nSPS) is 22.2. The highest BCUT2D eigenvalue weighted by Crippen LogP contribution is 2.18. The highest BCUT2D eigenvalue weighted by Gasteiger charge is 2.27. The van der Waals surface area contributed by atoms with Gasteiger partial charge in [0.25, 0.3) is 5.91 Å². The molecule has 1 aliphatic rings. The Morgan fingerprint density at radius 1 is 1.41 bits per heavy atom. The van der Waals surface area contributed by atoms with Crippen LogP contribution in [0.15, 0.2) is 30.3 Å². The van der Waals surface area contributed by atoms with Crippen molar-refractivity contribution in [2.45, 2.75) is 25.0 Å². The molecule has 0 spiro atoms. The SMILES string of the molecule is N[C@@H]1CCCN(C(=O)C(O)c2ccccc2)C1. The Bertz CT molecular complexity index is 380. The Labute approximate surface area is 101 Å². The maximum absolute atomic E-state index is 12.1. The molecule has 17 heavy (non-hydrogen) atoms. The minimum Gasteiger partial charge on any atom is -0.378 e. The third kappa shape index (κ3) is 2.84. The van der Waals surface area contributed by atoms with Crippen molar-refractivity contribution < 1.29 is 9.90 Å². The molecule has 0 bridgehead atoms. The van der Waals surface area contributed by atoms with Crippen LogP contribution in [-0.4, -0.2) is 35.0 Å². The average molecular weight is 234 g/mol. The molecule has 1 aromatic rings. The van der Waals surface area contributed by atoms with Gasteiger partial charge in [0, 0.05) is 19.1 Å². The van der Waals surface area contributed by atoms with Crippen molar-refractivity contribution in [1.29, 1.82) is 0 Å². The van der Waals surface area contributed by atoms with Gasteiger partial charge >= 0.3 is 0 Å². The van der Waals surface area contributed by atoms with Crippen LogP contribution in [0.1, 0.15) is 24.5 Å². The monoisotopic (exact) mass is 234 g/mol. The molecule has 1 amide bonds. The fourth-order valence-electron chi connectivity index (χ4n) is 2.16. The zero-order chi connectivity index (χ0) is 12.3. The molecule has 2 atom stereocenters. The van der Waals surface area contributed by atoms with Crippen LogP contribution in [-0.2, 0) is 4.79 Å². The van der Waals surface area contributed by atoms with Gasteiger partial charge in [-0.1, -0.05) is 30.3 Å². The predicted molar refractivity (Wildman–Crippen MR) is 65.2 cm³/mol. The van der Waals surface area contributed by atoms with Gasteiger partial charge in [-0.3, -0.25) is 4.79 Å². The van der Waals surface area contributed by atoms with Crippen molar-refractivity contribution in [1.82, 2.24) is 4.90 Å². The van der Waals surface area contributed by atoms with Crippen molar-refractivity contribution in [3.63, 3.8) is 0 Å². The van der Waals surface area contributed by atoms with Crippen LogP contribution >= 0.6 is 0 Å². The van der Waals surface area contributed by atoms with Crippen molar-refractivity contribution >= 4 is 5.91 Å². The molecular formula is C13H18N2O2. The zero-order valence-electron chi connectivity index (χ0n) is 9.75. The van der Waals surface area contributed by atoms with Crippen LogP contribution in [0.3, 0.4) is 0 Å². The average Bonchev–Trinajstić information content (AvgIpc) is 2.38. The van der Waals surface area contributed by atoms with E-state index in [1.807, 2.05) is 18.2 Å². The molecule has 0 saturated carbocycles. The van der Waals surface area contributed by atoms with E-state index in [2.05, 4.69) is 0 Å². The smallest absolute Gasteiger partial charge is 0.256 e. The number of hydrogen-bond donors (Lipinski definition) is 2. The maximum Gasteiger partial charge on any atom is 0.256 e. The van der Waals surface area contributed by atoms with Gasteiger partial charge in [-0.25, -0.2) is 0 Å². The summed E-state index contributed by atoms with van der Waals surface area (Å²) >= 11 is 0. The summed E-state index contributed by atoms with van der Waals surface area (Å²) in [5.41, 5.74) is 6.46. The van der Waals surface area contributed by atoms with E-state index in [1.165, 1.54) is 0 Å². The molecule has 1 heterocycles. The van der Waals surface area contributed by atoms with E-state index in [4.69, 9.17) is 5.73 Å². The molecular weight excluding hydrogens is 216 g/mol. The van der Waals surface area contributed by atoms with Crippen LogP contribution in [0.25, 0.3) is 0 Å². The lowest BCUT2D eigenvalue weighted by Gasteiger charge is -2.32. The number of nitrogens with two attached hydrogens (primary N) is 1. The van der Waals surface area contributed by atoms with E-state index in [0.29, 0.717) is 18.7 Å². The molecule has 4 heteroatoms. The van der Waals surface area contributed by atoms with Crippen molar-refractivity contribution in [2.75, 3.05) is 13.1 Å². The fourth-order valence-corrected chi connectivity index (χ4v) is 2.16. The lowest BCUT2D eigenvalue weighted by molar-refractivity contribution is -0.141. The van der Waals surface area contributed by atoms with E-state index in [1.54, 1.807) is 17.0 Å².